The molecular weight excluding hydrogens is 198 g/mol. The lowest BCUT2D eigenvalue weighted by molar-refractivity contribution is 0.102. The lowest BCUT2D eigenvalue weighted by atomic mass is 9.74. The van der Waals surface area contributed by atoms with Crippen LogP contribution in [0.1, 0.15) is 33.6 Å². The maximum Gasteiger partial charge on any atom is 0.0924 e. The maximum atomic E-state index is 8.76. The van der Waals surface area contributed by atoms with Crippen molar-refractivity contribution >= 4 is 0 Å². The molecule has 0 aromatic rings. The van der Waals surface area contributed by atoms with Gasteiger partial charge in [-0.15, -0.1) is 0 Å². The zero-order valence-corrected chi connectivity index (χ0v) is 11.1. The molecule has 0 saturated carbocycles. The van der Waals surface area contributed by atoms with E-state index in [4.69, 9.17) is 5.26 Å². The van der Waals surface area contributed by atoms with Crippen LogP contribution in [0.5, 0.6) is 0 Å². The summed E-state index contributed by atoms with van der Waals surface area (Å²) in [4.78, 5) is 2.42. The van der Waals surface area contributed by atoms with Gasteiger partial charge in [0.2, 0.25) is 0 Å². The van der Waals surface area contributed by atoms with Crippen LogP contribution >= 0.6 is 0 Å². The summed E-state index contributed by atoms with van der Waals surface area (Å²) in [5, 5.41) is 12.1. The monoisotopic (exact) mass is 223 g/mol. The first-order chi connectivity index (χ1) is 7.45. The van der Waals surface area contributed by atoms with Crippen molar-refractivity contribution < 1.29 is 0 Å². The number of hydrogen-bond donors (Lipinski definition) is 1. The Balaban J connectivity index is 2.46. The Bertz CT molecular complexity index is 254. The molecule has 2 unspecified atom stereocenters. The fraction of sp³-hybridized carbons (Fsp3) is 0.923. The Morgan fingerprint density at radius 2 is 2.25 bits per heavy atom. The van der Waals surface area contributed by atoms with E-state index in [0.29, 0.717) is 0 Å². The summed E-state index contributed by atoms with van der Waals surface area (Å²) in [5.41, 5.74) is 0.278. The topological polar surface area (TPSA) is 39.1 Å². The number of hydrogen-bond acceptors (Lipinski definition) is 3. The minimum absolute atomic E-state index is 0.0411. The van der Waals surface area contributed by atoms with Crippen LogP contribution in [0.2, 0.25) is 0 Å². The van der Waals surface area contributed by atoms with Gasteiger partial charge in [0.15, 0.2) is 0 Å². The molecule has 3 heteroatoms. The fourth-order valence-corrected chi connectivity index (χ4v) is 2.41. The molecule has 0 bridgehead atoms. The third-order valence-corrected chi connectivity index (χ3v) is 3.79. The minimum atomic E-state index is -0.0411. The standard InChI is InChI=1S/C13H25N3/c1-11(8-14)15-10-13(2,3)12-6-5-7-16(4)9-12/h11-12,15H,5-7,9-10H2,1-4H3. The van der Waals surface area contributed by atoms with Crippen molar-refractivity contribution in [2.24, 2.45) is 11.3 Å². The SMILES string of the molecule is CC(C#N)NCC(C)(C)C1CCCN(C)C1. The van der Waals surface area contributed by atoms with Crippen LogP contribution in [0.4, 0.5) is 0 Å². The van der Waals surface area contributed by atoms with Gasteiger partial charge in [-0.25, -0.2) is 0 Å². The quantitative estimate of drug-likeness (QED) is 0.790. The Hall–Kier alpha value is -0.590. The van der Waals surface area contributed by atoms with E-state index in [1.54, 1.807) is 0 Å². The second kappa shape index (κ2) is 5.65. The highest BCUT2D eigenvalue weighted by atomic mass is 15.1. The van der Waals surface area contributed by atoms with Gasteiger partial charge in [-0.1, -0.05) is 13.8 Å². The summed E-state index contributed by atoms with van der Waals surface area (Å²) >= 11 is 0. The van der Waals surface area contributed by atoms with Crippen molar-refractivity contribution in [2.75, 3.05) is 26.7 Å². The van der Waals surface area contributed by atoms with E-state index in [1.165, 1.54) is 25.9 Å². The van der Waals surface area contributed by atoms with Crippen LogP contribution in [0.3, 0.4) is 0 Å². The van der Waals surface area contributed by atoms with E-state index in [2.05, 4.69) is 37.2 Å². The number of piperidine rings is 1. The first-order valence-corrected chi connectivity index (χ1v) is 6.27. The molecule has 0 aromatic carbocycles. The molecular formula is C13H25N3. The summed E-state index contributed by atoms with van der Waals surface area (Å²) in [7, 11) is 2.20. The van der Waals surface area contributed by atoms with Crippen LogP contribution in [0.25, 0.3) is 0 Å². The molecule has 0 radical (unpaired) electrons. The fourth-order valence-electron chi connectivity index (χ4n) is 2.41. The average molecular weight is 223 g/mol. The molecule has 0 aromatic heterocycles. The van der Waals surface area contributed by atoms with E-state index in [-0.39, 0.29) is 11.5 Å². The maximum absolute atomic E-state index is 8.76. The highest BCUT2D eigenvalue weighted by Gasteiger charge is 2.32. The smallest absolute Gasteiger partial charge is 0.0924 e. The van der Waals surface area contributed by atoms with Gasteiger partial charge in [0, 0.05) is 13.1 Å². The zero-order valence-electron chi connectivity index (χ0n) is 11.1. The Kier molecular flexibility index (Phi) is 4.76. The largest absolute Gasteiger partial charge is 0.306 e. The molecule has 1 N–H and O–H groups in total. The number of nitrogens with zero attached hydrogens (tertiary/aromatic N) is 2. The van der Waals surface area contributed by atoms with E-state index >= 15 is 0 Å². The van der Waals surface area contributed by atoms with Crippen molar-refractivity contribution in [3.05, 3.63) is 0 Å². The average Bonchev–Trinajstić information content (AvgIpc) is 2.26. The number of rotatable bonds is 4. The third kappa shape index (κ3) is 3.77. The molecule has 1 rings (SSSR count). The Morgan fingerprint density at radius 1 is 1.56 bits per heavy atom. The normalized spacial score (nSPS) is 25.1. The van der Waals surface area contributed by atoms with Crippen LogP contribution in [-0.2, 0) is 0 Å². The summed E-state index contributed by atoms with van der Waals surface area (Å²) in [6.07, 6.45) is 2.62. The van der Waals surface area contributed by atoms with Gasteiger partial charge in [0.05, 0.1) is 12.1 Å². The van der Waals surface area contributed by atoms with Gasteiger partial charge in [-0.2, -0.15) is 5.26 Å². The molecule has 1 saturated heterocycles. The van der Waals surface area contributed by atoms with E-state index in [1.807, 2.05) is 6.92 Å². The lowest BCUT2D eigenvalue weighted by Crippen LogP contribution is -2.45. The van der Waals surface area contributed by atoms with Crippen LogP contribution in [0.15, 0.2) is 0 Å². The molecule has 16 heavy (non-hydrogen) atoms. The molecule has 1 fully saturated rings. The molecule has 1 heterocycles. The summed E-state index contributed by atoms with van der Waals surface area (Å²) in [5.74, 6) is 0.740. The van der Waals surface area contributed by atoms with Crippen molar-refractivity contribution in [2.45, 2.75) is 39.7 Å². The minimum Gasteiger partial charge on any atom is -0.306 e. The predicted molar refractivity (Wildman–Crippen MR) is 67.1 cm³/mol. The van der Waals surface area contributed by atoms with Crippen LogP contribution in [-0.4, -0.2) is 37.6 Å². The molecule has 0 aliphatic carbocycles. The lowest BCUT2D eigenvalue weighted by Gasteiger charge is -2.40. The van der Waals surface area contributed by atoms with Gasteiger partial charge in [-0.3, -0.25) is 0 Å². The summed E-state index contributed by atoms with van der Waals surface area (Å²) < 4.78 is 0. The highest BCUT2D eigenvalue weighted by Crippen LogP contribution is 2.32. The molecule has 0 amide bonds. The Morgan fingerprint density at radius 3 is 2.81 bits per heavy atom. The van der Waals surface area contributed by atoms with E-state index in [0.717, 1.165) is 12.5 Å². The van der Waals surface area contributed by atoms with E-state index < -0.39 is 0 Å². The zero-order chi connectivity index (χ0) is 12.2. The summed E-state index contributed by atoms with van der Waals surface area (Å²) in [6, 6.07) is 2.19. The first-order valence-electron chi connectivity index (χ1n) is 6.27. The van der Waals surface area contributed by atoms with Crippen molar-refractivity contribution in [1.82, 2.24) is 10.2 Å². The molecule has 1 aliphatic rings. The van der Waals surface area contributed by atoms with Gasteiger partial charge >= 0.3 is 0 Å². The van der Waals surface area contributed by atoms with Gasteiger partial charge in [-0.05, 0) is 44.7 Å². The molecule has 0 spiro atoms. The summed E-state index contributed by atoms with van der Waals surface area (Å²) in [6.45, 7) is 9.90. The number of nitrogens with one attached hydrogen (secondary N) is 1. The predicted octanol–water partition coefficient (Wildman–Crippen LogP) is 1.86. The van der Waals surface area contributed by atoms with Crippen molar-refractivity contribution in [1.29, 1.82) is 5.26 Å². The van der Waals surface area contributed by atoms with Gasteiger partial charge < -0.3 is 10.2 Å². The molecule has 3 nitrogen and oxygen atoms in total. The first kappa shape index (κ1) is 13.5. The second-order valence-electron chi connectivity index (χ2n) is 5.82. The van der Waals surface area contributed by atoms with E-state index in [9.17, 15) is 0 Å². The Labute approximate surface area is 99.8 Å². The van der Waals surface area contributed by atoms with Crippen LogP contribution in [0, 0.1) is 22.7 Å². The molecule has 92 valence electrons. The van der Waals surface area contributed by atoms with Crippen molar-refractivity contribution in [3.63, 3.8) is 0 Å². The molecule has 2 atom stereocenters. The van der Waals surface area contributed by atoms with Gasteiger partial charge in [0.25, 0.3) is 0 Å². The van der Waals surface area contributed by atoms with Crippen LogP contribution < -0.4 is 5.32 Å². The van der Waals surface area contributed by atoms with Crippen molar-refractivity contribution in [3.8, 4) is 6.07 Å². The number of likely N-dealkylation sites (tertiary alicyclic amines) is 1. The molecule has 1 aliphatic heterocycles. The number of nitriles is 1. The van der Waals surface area contributed by atoms with Gasteiger partial charge in [0.1, 0.15) is 0 Å². The third-order valence-electron chi connectivity index (χ3n) is 3.79. The second-order valence-corrected chi connectivity index (χ2v) is 5.82. The highest BCUT2D eigenvalue weighted by molar-refractivity contribution is 4.90.